The van der Waals surface area contributed by atoms with Gasteiger partial charge in [-0.1, -0.05) is 27.7 Å². The number of primary amides is 2. The number of aromatic nitrogens is 6. The maximum absolute atomic E-state index is 13.0. The number of carbonyl (C=O) groups is 6. The summed E-state index contributed by atoms with van der Waals surface area (Å²) in [5, 5.41) is 14.4. The van der Waals surface area contributed by atoms with Crippen LogP contribution in [0.3, 0.4) is 0 Å². The second-order valence-electron chi connectivity index (χ2n) is 14.4. The van der Waals surface area contributed by atoms with Gasteiger partial charge in [-0.3, -0.25) is 57.9 Å². The Labute approximate surface area is 336 Å². The van der Waals surface area contributed by atoms with Gasteiger partial charge in [0.15, 0.2) is 23.0 Å². The Balaban J connectivity index is 0.000000221. The molecule has 4 aromatic rings. The number of nitrogens with one attached hydrogen (secondary N) is 2. The lowest BCUT2D eigenvalue weighted by Crippen LogP contribution is -2.48. The van der Waals surface area contributed by atoms with Crippen LogP contribution in [0.1, 0.15) is 139 Å². The Morgan fingerprint density at radius 1 is 0.638 bits per heavy atom. The quantitative estimate of drug-likeness (QED) is 0.135. The van der Waals surface area contributed by atoms with Crippen molar-refractivity contribution in [1.29, 1.82) is 0 Å². The van der Waals surface area contributed by atoms with E-state index in [4.69, 9.17) is 11.5 Å². The van der Waals surface area contributed by atoms with E-state index in [1.807, 2.05) is 13.8 Å². The molecule has 58 heavy (non-hydrogen) atoms. The van der Waals surface area contributed by atoms with Crippen LogP contribution in [0, 0.1) is 13.8 Å². The summed E-state index contributed by atoms with van der Waals surface area (Å²) in [6, 6.07) is 3.28. The van der Waals surface area contributed by atoms with Crippen LogP contribution >= 0.6 is 0 Å². The van der Waals surface area contributed by atoms with Gasteiger partial charge >= 0.3 is 0 Å². The first-order chi connectivity index (χ1) is 27.5. The number of carbonyl (C=O) groups excluding carboxylic acids is 6. The highest BCUT2D eigenvalue weighted by atomic mass is 16.2. The van der Waals surface area contributed by atoms with Crippen LogP contribution in [0.2, 0.25) is 0 Å². The van der Waals surface area contributed by atoms with Crippen molar-refractivity contribution < 1.29 is 28.8 Å². The highest BCUT2D eigenvalue weighted by Crippen LogP contribution is 2.31. The number of pyridine rings is 2. The van der Waals surface area contributed by atoms with Crippen LogP contribution < -0.4 is 22.1 Å². The first-order valence-corrected chi connectivity index (χ1v) is 19.4. The van der Waals surface area contributed by atoms with E-state index in [9.17, 15) is 28.8 Å². The number of nitrogens with two attached hydrogens (primary N) is 2. The van der Waals surface area contributed by atoms with E-state index in [-0.39, 0.29) is 46.2 Å². The van der Waals surface area contributed by atoms with Crippen molar-refractivity contribution in [2.24, 2.45) is 11.5 Å². The topological polar surface area (TPSA) is 246 Å². The van der Waals surface area contributed by atoms with Gasteiger partial charge in [0.05, 0.1) is 57.4 Å². The number of Topliss-reactive ketones (excluding diaryl/α,β-unsaturated/α-hetero) is 2. The third-order valence-corrected chi connectivity index (χ3v) is 10.6. The molecule has 18 heteroatoms. The number of hydrogen-bond donors (Lipinski definition) is 4. The SMILES string of the molecule is CCc1c(NC(=O)c2cc(C(C)=O)cnc2C)c(C(N)=O)nn1C1CN(CC)C1.CCc1c(NC(=O)c2cc(C(C)=O)cnc2C)c(C(N)=O)nn1C1CN(CC)C1. The Bertz CT molecular complexity index is 2110. The molecule has 2 saturated heterocycles. The van der Waals surface area contributed by atoms with Crippen molar-refractivity contribution in [2.75, 3.05) is 49.9 Å². The molecule has 2 fully saturated rings. The second-order valence-corrected chi connectivity index (χ2v) is 14.4. The molecule has 308 valence electrons. The number of amides is 4. The normalized spacial score (nSPS) is 14.5. The summed E-state index contributed by atoms with van der Waals surface area (Å²) in [4.78, 5) is 86.0. The summed E-state index contributed by atoms with van der Waals surface area (Å²) in [5.41, 5.74) is 15.5. The van der Waals surface area contributed by atoms with Gasteiger partial charge in [-0.05, 0) is 65.8 Å². The molecule has 0 atom stereocenters. The number of aryl methyl sites for hydroxylation is 2. The first-order valence-electron chi connectivity index (χ1n) is 19.4. The molecule has 0 spiro atoms. The van der Waals surface area contributed by atoms with E-state index in [1.165, 1.54) is 38.4 Å². The van der Waals surface area contributed by atoms with Crippen LogP contribution in [0.4, 0.5) is 11.4 Å². The number of ketones is 2. The van der Waals surface area contributed by atoms with Gasteiger partial charge in [0, 0.05) is 49.7 Å². The number of nitrogens with zero attached hydrogens (tertiary/aromatic N) is 8. The molecule has 18 nitrogen and oxygen atoms in total. The summed E-state index contributed by atoms with van der Waals surface area (Å²) in [5.74, 6) is -2.69. The van der Waals surface area contributed by atoms with E-state index in [1.54, 1.807) is 23.2 Å². The summed E-state index contributed by atoms with van der Waals surface area (Å²) < 4.78 is 3.61. The molecule has 2 aliphatic heterocycles. The summed E-state index contributed by atoms with van der Waals surface area (Å²) >= 11 is 0. The lowest BCUT2D eigenvalue weighted by atomic mass is 10.1. The highest BCUT2D eigenvalue weighted by molar-refractivity contribution is 6.11. The molecule has 0 radical (unpaired) electrons. The second kappa shape index (κ2) is 18.0. The van der Waals surface area contributed by atoms with Crippen molar-refractivity contribution in [3.05, 3.63) is 80.9 Å². The van der Waals surface area contributed by atoms with Crippen molar-refractivity contribution in [3.63, 3.8) is 0 Å². The number of likely N-dealkylation sites (tertiary alicyclic amines) is 2. The number of rotatable bonds is 14. The van der Waals surface area contributed by atoms with Crippen LogP contribution in [0.5, 0.6) is 0 Å². The zero-order chi connectivity index (χ0) is 42.6. The summed E-state index contributed by atoms with van der Waals surface area (Å²) in [7, 11) is 0. The van der Waals surface area contributed by atoms with Gasteiger partial charge < -0.3 is 22.1 Å². The van der Waals surface area contributed by atoms with E-state index >= 15 is 0 Å². The third-order valence-electron chi connectivity index (χ3n) is 10.6. The van der Waals surface area contributed by atoms with Gasteiger partial charge in [0.1, 0.15) is 0 Å². The molecule has 4 amide bonds. The lowest BCUT2D eigenvalue weighted by Gasteiger charge is -2.39. The smallest absolute Gasteiger partial charge is 0.271 e. The molecule has 0 aliphatic carbocycles. The average Bonchev–Trinajstić information content (AvgIpc) is 3.68. The molecule has 4 aromatic heterocycles. The Morgan fingerprint density at radius 2 is 0.983 bits per heavy atom. The average molecular weight is 797 g/mol. The van der Waals surface area contributed by atoms with Crippen molar-refractivity contribution in [3.8, 4) is 0 Å². The number of anilines is 2. The maximum Gasteiger partial charge on any atom is 0.271 e. The zero-order valence-electron chi connectivity index (χ0n) is 34.3. The van der Waals surface area contributed by atoms with E-state index in [2.05, 4.69) is 54.4 Å². The maximum atomic E-state index is 13.0. The minimum Gasteiger partial charge on any atom is -0.364 e. The number of hydrogen-bond acceptors (Lipinski definition) is 12. The molecule has 2 aliphatic rings. The van der Waals surface area contributed by atoms with Gasteiger partial charge in [0.2, 0.25) is 0 Å². The molecular formula is C40H52N12O6. The fourth-order valence-corrected chi connectivity index (χ4v) is 7.01. The molecular weight excluding hydrogens is 745 g/mol. The molecule has 0 unspecified atom stereocenters. The van der Waals surface area contributed by atoms with Crippen LogP contribution in [-0.2, 0) is 12.8 Å². The van der Waals surface area contributed by atoms with Gasteiger partial charge in [-0.2, -0.15) is 10.2 Å². The molecule has 6 rings (SSSR count). The monoisotopic (exact) mass is 796 g/mol. The predicted octanol–water partition coefficient (Wildman–Crippen LogP) is 3.16. The zero-order valence-corrected chi connectivity index (χ0v) is 34.3. The molecule has 6 heterocycles. The molecule has 0 aromatic carbocycles. The Morgan fingerprint density at radius 3 is 1.26 bits per heavy atom. The summed E-state index contributed by atoms with van der Waals surface area (Å²) in [6.07, 6.45) is 4.02. The van der Waals surface area contributed by atoms with E-state index in [0.29, 0.717) is 46.7 Å². The number of likely N-dealkylation sites (N-methyl/N-ethyl adjacent to an activating group) is 2. The first kappa shape index (κ1) is 43.0. The van der Waals surface area contributed by atoms with Crippen LogP contribution in [-0.4, -0.2) is 114 Å². The fourth-order valence-electron chi connectivity index (χ4n) is 7.01. The van der Waals surface area contributed by atoms with E-state index < -0.39 is 23.6 Å². The minimum absolute atomic E-state index is 0.0403. The highest BCUT2D eigenvalue weighted by Gasteiger charge is 2.34. The van der Waals surface area contributed by atoms with Crippen molar-refractivity contribution in [2.45, 2.75) is 80.3 Å². The third kappa shape index (κ3) is 8.87. The minimum atomic E-state index is -0.701. The standard InChI is InChI=1S/2C20H26N6O3/c2*1-5-16-17(18(19(21)28)24-26(16)14-9-25(6-2)10-14)23-20(29)15-7-13(12(4)27)8-22-11(15)3/h2*7-8,14H,5-6,9-10H2,1-4H3,(H2,21,28)(H,23,29). The summed E-state index contributed by atoms with van der Waals surface area (Å²) in [6.45, 7) is 19.5. The van der Waals surface area contributed by atoms with Gasteiger partial charge in [-0.25, -0.2) is 0 Å². The molecule has 0 bridgehead atoms. The van der Waals surface area contributed by atoms with Crippen molar-refractivity contribution >= 4 is 46.6 Å². The molecule has 6 N–H and O–H groups in total. The predicted molar refractivity (Wildman–Crippen MR) is 216 cm³/mol. The largest absolute Gasteiger partial charge is 0.364 e. The molecule has 0 saturated carbocycles. The van der Waals surface area contributed by atoms with Crippen LogP contribution in [0.25, 0.3) is 0 Å². The van der Waals surface area contributed by atoms with Crippen molar-refractivity contribution in [1.82, 2.24) is 39.3 Å². The Kier molecular flexibility index (Phi) is 13.3. The van der Waals surface area contributed by atoms with Gasteiger partial charge in [-0.15, -0.1) is 0 Å². The fraction of sp³-hybridized carbons (Fsp3) is 0.450. The van der Waals surface area contributed by atoms with E-state index in [0.717, 1.165) is 50.7 Å². The lowest BCUT2D eigenvalue weighted by molar-refractivity contribution is 0.0962. The van der Waals surface area contributed by atoms with Crippen LogP contribution in [0.15, 0.2) is 24.5 Å². The van der Waals surface area contributed by atoms with Gasteiger partial charge in [0.25, 0.3) is 23.6 Å². The Hall–Kier alpha value is -6.14.